The fraction of sp³-hybridized carbons (Fsp3) is 0.0455. The maximum absolute atomic E-state index is 11.8. The predicted molar refractivity (Wildman–Crippen MR) is 114 cm³/mol. The number of hydrogen-bond donors (Lipinski definition) is 1. The number of esters is 1. The van der Waals surface area contributed by atoms with Crippen LogP contribution < -0.4 is 14.9 Å². The van der Waals surface area contributed by atoms with Gasteiger partial charge < -0.3 is 13.9 Å². The lowest BCUT2D eigenvalue weighted by Crippen LogP contribution is -2.24. The summed E-state index contributed by atoms with van der Waals surface area (Å²) in [5.74, 6) is -0.302. The maximum Gasteiger partial charge on any atom is 0.336 e. The van der Waals surface area contributed by atoms with Gasteiger partial charge in [-0.2, -0.15) is 5.10 Å². The molecule has 0 atom stereocenters. The van der Waals surface area contributed by atoms with Crippen molar-refractivity contribution in [2.24, 2.45) is 5.10 Å². The number of para-hydroxylation sites is 2. The fourth-order valence-electron chi connectivity index (χ4n) is 2.39. The number of hydrazone groups is 1. The first kappa shape index (κ1) is 22.0. The minimum absolute atomic E-state index is 0.0132. The van der Waals surface area contributed by atoms with Gasteiger partial charge in [0, 0.05) is 12.1 Å². The van der Waals surface area contributed by atoms with Gasteiger partial charge in [0.05, 0.1) is 17.4 Å². The van der Waals surface area contributed by atoms with Crippen LogP contribution in [-0.4, -0.2) is 29.6 Å². The van der Waals surface area contributed by atoms with Gasteiger partial charge in [0.2, 0.25) is 0 Å². The van der Waals surface area contributed by atoms with Crippen molar-refractivity contribution in [3.8, 4) is 11.5 Å². The first-order valence-corrected chi connectivity index (χ1v) is 9.23. The third-order valence-corrected chi connectivity index (χ3v) is 3.85. The summed E-state index contributed by atoms with van der Waals surface area (Å²) in [7, 11) is 0. The van der Waals surface area contributed by atoms with Gasteiger partial charge in [-0.3, -0.25) is 14.9 Å². The first-order valence-electron chi connectivity index (χ1n) is 9.23. The quantitative estimate of drug-likeness (QED) is 0.136. The van der Waals surface area contributed by atoms with E-state index >= 15 is 0 Å². The third-order valence-electron chi connectivity index (χ3n) is 3.85. The van der Waals surface area contributed by atoms with E-state index in [4.69, 9.17) is 13.9 Å². The van der Waals surface area contributed by atoms with Crippen LogP contribution in [0.5, 0.6) is 11.5 Å². The van der Waals surface area contributed by atoms with Gasteiger partial charge in [0.1, 0.15) is 11.5 Å². The van der Waals surface area contributed by atoms with E-state index in [1.807, 2.05) is 0 Å². The molecule has 0 aliphatic rings. The molecule has 0 spiro atoms. The molecule has 2 aromatic carbocycles. The number of nitro benzene ring substituents is 1. The van der Waals surface area contributed by atoms with E-state index in [9.17, 15) is 19.7 Å². The van der Waals surface area contributed by atoms with Crippen LogP contribution >= 0.6 is 0 Å². The zero-order valence-corrected chi connectivity index (χ0v) is 16.5. The van der Waals surface area contributed by atoms with Crippen molar-refractivity contribution >= 4 is 29.9 Å². The van der Waals surface area contributed by atoms with Crippen molar-refractivity contribution in [2.45, 2.75) is 0 Å². The summed E-state index contributed by atoms with van der Waals surface area (Å²) in [6.07, 6.45) is 5.61. The molecule has 3 rings (SSSR count). The van der Waals surface area contributed by atoms with Crippen LogP contribution in [0.25, 0.3) is 6.08 Å². The molecule has 0 saturated carbocycles. The summed E-state index contributed by atoms with van der Waals surface area (Å²) < 4.78 is 15.4. The minimum Gasteiger partial charge on any atom is -0.477 e. The van der Waals surface area contributed by atoms with Gasteiger partial charge in [0.15, 0.2) is 12.4 Å². The number of nitrogens with zero attached hydrogens (tertiary/aromatic N) is 2. The number of amides is 1. The van der Waals surface area contributed by atoms with E-state index in [1.165, 1.54) is 42.8 Å². The predicted octanol–water partition coefficient (Wildman–Crippen LogP) is 3.34. The number of ether oxygens (including phenoxy) is 2. The van der Waals surface area contributed by atoms with E-state index in [-0.39, 0.29) is 11.4 Å². The standard InChI is InChI=1S/C22H17N3O7/c26-21(15-31-20-6-2-1-5-19(20)25(28)29)24-23-14-16-7-9-18(10-8-16)32-22(27)12-11-17-4-3-13-30-17/h1-14H,15H2,(H,24,26)/b12-11+,23-14+. The highest BCUT2D eigenvalue weighted by atomic mass is 16.6. The lowest BCUT2D eigenvalue weighted by molar-refractivity contribution is -0.385. The summed E-state index contributed by atoms with van der Waals surface area (Å²) in [5.41, 5.74) is 2.66. The highest BCUT2D eigenvalue weighted by Gasteiger charge is 2.14. The lowest BCUT2D eigenvalue weighted by atomic mass is 10.2. The Kier molecular flexibility index (Phi) is 7.47. The second-order valence-corrected chi connectivity index (χ2v) is 6.15. The highest BCUT2D eigenvalue weighted by Crippen LogP contribution is 2.25. The number of nitro groups is 1. The van der Waals surface area contributed by atoms with Crippen LogP contribution in [0.2, 0.25) is 0 Å². The molecule has 0 bridgehead atoms. The molecule has 1 heterocycles. The van der Waals surface area contributed by atoms with E-state index in [0.29, 0.717) is 17.1 Å². The molecule has 0 fully saturated rings. The van der Waals surface area contributed by atoms with Crippen molar-refractivity contribution < 1.29 is 28.4 Å². The second-order valence-electron chi connectivity index (χ2n) is 6.15. The Labute approximate surface area is 181 Å². The van der Waals surface area contributed by atoms with Crippen LogP contribution in [0.3, 0.4) is 0 Å². The molecule has 0 unspecified atom stereocenters. The van der Waals surface area contributed by atoms with Crippen LogP contribution in [0, 0.1) is 10.1 Å². The fourth-order valence-corrected chi connectivity index (χ4v) is 2.39. The first-order chi connectivity index (χ1) is 15.5. The Morgan fingerprint density at radius 2 is 1.88 bits per heavy atom. The SMILES string of the molecule is O=C(COc1ccccc1[N+](=O)[O-])N/N=C/c1ccc(OC(=O)/C=C/c2ccco2)cc1. The van der Waals surface area contributed by atoms with E-state index in [0.717, 1.165) is 0 Å². The van der Waals surface area contributed by atoms with Crippen molar-refractivity contribution in [2.75, 3.05) is 6.61 Å². The van der Waals surface area contributed by atoms with Crippen molar-refractivity contribution in [3.63, 3.8) is 0 Å². The Hall–Kier alpha value is -4.73. The summed E-state index contributed by atoms with van der Waals surface area (Å²) in [5, 5.41) is 14.7. The van der Waals surface area contributed by atoms with Gasteiger partial charge in [0.25, 0.3) is 5.91 Å². The van der Waals surface area contributed by atoms with Crippen LogP contribution in [0.4, 0.5) is 5.69 Å². The topological polar surface area (TPSA) is 133 Å². The molecule has 10 heteroatoms. The third kappa shape index (κ3) is 6.66. The van der Waals surface area contributed by atoms with E-state index in [2.05, 4.69) is 10.5 Å². The van der Waals surface area contributed by atoms with E-state index < -0.39 is 23.4 Å². The number of rotatable bonds is 9. The lowest BCUT2D eigenvalue weighted by Gasteiger charge is -2.05. The number of nitrogens with one attached hydrogen (secondary N) is 1. The monoisotopic (exact) mass is 435 g/mol. The molecule has 0 saturated heterocycles. The van der Waals surface area contributed by atoms with E-state index in [1.54, 1.807) is 42.5 Å². The van der Waals surface area contributed by atoms with Gasteiger partial charge >= 0.3 is 11.7 Å². The van der Waals surface area contributed by atoms with Crippen molar-refractivity contribution in [1.29, 1.82) is 0 Å². The molecule has 0 aliphatic heterocycles. The Morgan fingerprint density at radius 3 is 2.59 bits per heavy atom. The van der Waals surface area contributed by atoms with Gasteiger partial charge in [-0.05, 0) is 54.1 Å². The van der Waals surface area contributed by atoms with Crippen molar-refractivity contribution in [1.82, 2.24) is 5.43 Å². The average Bonchev–Trinajstić information content (AvgIpc) is 3.31. The molecule has 3 aromatic rings. The molecule has 1 aromatic heterocycles. The smallest absolute Gasteiger partial charge is 0.336 e. The molecule has 10 nitrogen and oxygen atoms in total. The van der Waals surface area contributed by atoms with Crippen molar-refractivity contribution in [3.05, 3.63) is 94.4 Å². The summed E-state index contributed by atoms with van der Waals surface area (Å²) >= 11 is 0. The number of carbonyl (C=O) groups is 2. The molecule has 32 heavy (non-hydrogen) atoms. The maximum atomic E-state index is 11.8. The number of furan rings is 1. The minimum atomic E-state index is -0.596. The number of carbonyl (C=O) groups excluding carboxylic acids is 2. The molecule has 0 radical (unpaired) electrons. The summed E-state index contributed by atoms with van der Waals surface area (Å²) in [4.78, 5) is 33.9. The summed E-state index contributed by atoms with van der Waals surface area (Å²) in [6, 6.07) is 15.6. The highest BCUT2D eigenvalue weighted by molar-refractivity contribution is 5.88. The molecule has 162 valence electrons. The molecular formula is C22H17N3O7. The molecule has 1 N–H and O–H groups in total. The molecule has 1 amide bonds. The zero-order valence-electron chi connectivity index (χ0n) is 16.5. The Morgan fingerprint density at radius 1 is 1.09 bits per heavy atom. The van der Waals surface area contributed by atoms with Crippen LogP contribution in [0.1, 0.15) is 11.3 Å². The molecule has 0 aliphatic carbocycles. The molecular weight excluding hydrogens is 418 g/mol. The van der Waals surface area contributed by atoms with Gasteiger partial charge in [-0.1, -0.05) is 12.1 Å². The van der Waals surface area contributed by atoms with Gasteiger partial charge in [-0.15, -0.1) is 0 Å². The Bertz CT molecular complexity index is 1140. The second kappa shape index (κ2) is 10.9. The zero-order chi connectivity index (χ0) is 22.8. The Balaban J connectivity index is 1.45. The normalized spacial score (nSPS) is 10.9. The average molecular weight is 435 g/mol. The van der Waals surface area contributed by atoms with Gasteiger partial charge in [-0.25, -0.2) is 10.2 Å². The number of hydrogen-bond acceptors (Lipinski definition) is 8. The summed E-state index contributed by atoms with van der Waals surface area (Å²) in [6.45, 7) is -0.442. The largest absolute Gasteiger partial charge is 0.477 e. The van der Waals surface area contributed by atoms with Crippen LogP contribution in [-0.2, 0) is 9.59 Å². The number of benzene rings is 2. The van der Waals surface area contributed by atoms with Crippen LogP contribution in [0.15, 0.2) is 82.5 Å².